The van der Waals surface area contributed by atoms with E-state index < -0.39 is 11.4 Å². The van der Waals surface area contributed by atoms with E-state index in [-0.39, 0.29) is 25.8 Å². The standard InChI is InChI=1S/C10H18O5/c1-8(12)14-5-4-6-15-9(13)10(2,3)7-11/h11H,4-7H2,1-3H3. The summed E-state index contributed by atoms with van der Waals surface area (Å²) in [5.41, 5.74) is -0.874. The molecule has 15 heavy (non-hydrogen) atoms. The Morgan fingerprint density at radius 2 is 1.73 bits per heavy atom. The van der Waals surface area contributed by atoms with Crippen LogP contribution in [0.3, 0.4) is 0 Å². The molecule has 0 amide bonds. The molecule has 0 aromatic carbocycles. The lowest BCUT2D eigenvalue weighted by atomic mass is 9.95. The highest BCUT2D eigenvalue weighted by molar-refractivity contribution is 5.76. The van der Waals surface area contributed by atoms with Crippen molar-refractivity contribution in [3.05, 3.63) is 0 Å². The average molecular weight is 218 g/mol. The van der Waals surface area contributed by atoms with E-state index in [0.717, 1.165) is 0 Å². The number of aliphatic hydroxyl groups excluding tert-OH is 1. The van der Waals surface area contributed by atoms with E-state index >= 15 is 0 Å². The van der Waals surface area contributed by atoms with Gasteiger partial charge in [-0.05, 0) is 13.8 Å². The van der Waals surface area contributed by atoms with Crippen molar-refractivity contribution in [3.63, 3.8) is 0 Å². The van der Waals surface area contributed by atoms with E-state index in [2.05, 4.69) is 4.74 Å². The van der Waals surface area contributed by atoms with Crippen molar-refractivity contribution in [2.45, 2.75) is 27.2 Å². The number of esters is 2. The molecular weight excluding hydrogens is 200 g/mol. The summed E-state index contributed by atoms with van der Waals surface area (Å²) in [4.78, 5) is 21.7. The third-order valence-corrected chi connectivity index (χ3v) is 1.78. The zero-order valence-corrected chi connectivity index (χ0v) is 9.41. The molecule has 0 bridgehead atoms. The lowest BCUT2D eigenvalue weighted by Crippen LogP contribution is -2.30. The van der Waals surface area contributed by atoms with E-state index in [4.69, 9.17) is 9.84 Å². The quantitative estimate of drug-likeness (QED) is 0.519. The van der Waals surface area contributed by atoms with Crippen LogP contribution in [0.5, 0.6) is 0 Å². The molecular formula is C10H18O5. The van der Waals surface area contributed by atoms with Crippen LogP contribution >= 0.6 is 0 Å². The van der Waals surface area contributed by atoms with Gasteiger partial charge in [0.1, 0.15) is 0 Å². The van der Waals surface area contributed by atoms with Gasteiger partial charge in [-0.25, -0.2) is 0 Å². The molecule has 1 N–H and O–H groups in total. The molecule has 0 rings (SSSR count). The lowest BCUT2D eigenvalue weighted by molar-refractivity contribution is -0.156. The molecule has 0 aliphatic rings. The Morgan fingerprint density at radius 1 is 1.20 bits per heavy atom. The number of ether oxygens (including phenoxy) is 2. The first-order valence-electron chi connectivity index (χ1n) is 4.81. The highest BCUT2D eigenvalue weighted by atomic mass is 16.5. The Kier molecular flexibility index (Phi) is 5.93. The van der Waals surface area contributed by atoms with E-state index in [9.17, 15) is 9.59 Å². The van der Waals surface area contributed by atoms with Crippen molar-refractivity contribution >= 4 is 11.9 Å². The Hall–Kier alpha value is -1.10. The molecule has 0 unspecified atom stereocenters. The second-order valence-corrected chi connectivity index (χ2v) is 3.87. The van der Waals surface area contributed by atoms with Gasteiger partial charge in [0.15, 0.2) is 0 Å². The average Bonchev–Trinajstić information content (AvgIpc) is 2.16. The third-order valence-electron chi connectivity index (χ3n) is 1.78. The molecule has 0 radical (unpaired) electrons. The largest absolute Gasteiger partial charge is 0.466 e. The Morgan fingerprint density at radius 3 is 2.20 bits per heavy atom. The number of rotatable bonds is 6. The molecule has 0 saturated heterocycles. The van der Waals surface area contributed by atoms with Crippen LogP contribution in [-0.4, -0.2) is 36.9 Å². The number of carbonyl (C=O) groups excluding carboxylic acids is 2. The minimum absolute atomic E-state index is 0.190. The van der Waals surface area contributed by atoms with Crippen LogP contribution in [0.4, 0.5) is 0 Å². The highest BCUT2D eigenvalue weighted by Gasteiger charge is 2.28. The Bertz CT molecular complexity index is 222. The zero-order valence-electron chi connectivity index (χ0n) is 9.41. The molecule has 0 spiro atoms. The van der Waals surface area contributed by atoms with E-state index in [0.29, 0.717) is 6.42 Å². The normalized spacial score (nSPS) is 10.9. The van der Waals surface area contributed by atoms with Gasteiger partial charge in [0.05, 0.1) is 25.2 Å². The Balaban J connectivity index is 3.60. The maximum Gasteiger partial charge on any atom is 0.313 e. The van der Waals surface area contributed by atoms with Gasteiger partial charge >= 0.3 is 11.9 Å². The van der Waals surface area contributed by atoms with Crippen LogP contribution in [0.1, 0.15) is 27.2 Å². The van der Waals surface area contributed by atoms with E-state index in [1.54, 1.807) is 13.8 Å². The first-order chi connectivity index (χ1) is 6.90. The maximum absolute atomic E-state index is 11.3. The molecule has 0 aromatic rings. The highest BCUT2D eigenvalue weighted by Crippen LogP contribution is 2.15. The van der Waals surface area contributed by atoms with Crippen molar-refractivity contribution < 1.29 is 24.2 Å². The lowest BCUT2D eigenvalue weighted by Gasteiger charge is -2.19. The number of carbonyl (C=O) groups is 2. The topological polar surface area (TPSA) is 72.8 Å². The Labute approximate surface area is 89.4 Å². The third kappa shape index (κ3) is 6.06. The molecule has 88 valence electrons. The molecule has 5 nitrogen and oxygen atoms in total. The summed E-state index contributed by atoms with van der Waals surface area (Å²) in [6.07, 6.45) is 0.465. The van der Waals surface area contributed by atoms with Crippen molar-refractivity contribution in [2.24, 2.45) is 5.41 Å². The van der Waals surface area contributed by atoms with Crippen molar-refractivity contribution in [2.75, 3.05) is 19.8 Å². The molecule has 0 aliphatic carbocycles. The number of aliphatic hydroxyl groups is 1. The first-order valence-corrected chi connectivity index (χ1v) is 4.81. The summed E-state index contributed by atoms with van der Waals surface area (Å²) in [5, 5.41) is 8.87. The molecule has 0 fully saturated rings. The molecule has 0 saturated carbocycles. The van der Waals surface area contributed by atoms with Gasteiger partial charge in [-0.1, -0.05) is 0 Å². The number of hydrogen-bond acceptors (Lipinski definition) is 5. The van der Waals surface area contributed by atoms with Crippen LogP contribution in [0, 0.1) is 5.41 Å². The van der Waals surface area contributed by atoms with Gasteiger partial charge in [-0.3, -0.25) is 9.59 Å². The van der Waals surface area contributed by atoms with Gasteiger partial charge in [0.2, 0.25) is 0 Å². The molecule has 5 heteroatoms. The summed E-state index contributed by atoms with van der Waals surface area (Å²) < 4.78 is 9.55. The number of hydrogen-bond donors (Lipinski definition) is 1. The fraction of sp³-hybridized carbons (Fsp3) is 0.800. The predicted octanol–water partition coefficient (Wildman–Crippen LogP) is 0.501. The smallest absolute Gasteiger partial charge is 0.313 e. The summed E-state index contributed by atoms with van der Waals surface area (Å²) in [6, 6.07) is 0. The second kappa shape index (κ2) is 6.40. The van der Waals surface area contributed by atoms with Gasteiger partial charge in [0.25, 0.3) is 0 Å². The summed E-state index contributed by atoms with van der Waals surface area (Å²) >= 11 is 0. The molecule has 0 aromatic heterocycles. The zero-order chi connectivity index (χ0) is 11.9. The molecule has 0 atom stereocenters. The monoisotopic (exact) mass is 218 g/mol. The first kappa shape index (κ1) is 13.9. The molecule has 0 aliphatic heterocycles. The van der Waals surface area contributed by atoms with Gasteiger partial charge in [-0.15, -0.1) is 0 Å². The summed E-state index contributed by atoms with van der Waals surface area (Å²) in [6.45, 7) is 4.69. The minimum Gasteiger partial charge on any atom is -0.466 e. The van der Waals surface area contributed by atoms with E-state index in [1.807, 2.05) is 0 Å². The second-order valence-electron chi connectivity index (χ2n) is 3.87. The van der Waals surface area contributed by atoms with Crippen LogP contribution in [0.2, 0.25) is 0 Å². The minimum atomic E-state index is -0.874. The maximum atomic E-state index is 11.3. The van der Waals surface area contributed by atoms with Crippen molar-refractivity contribution in [3.8, 4) is 0 Å². The van der Waals surface area contributed by atoms with E-state index in [1.165, 1.54) is 6.92 Å². The fourth-order valence-electron chi connectivity index (χ4n) is 0.700. The summed E-state index contributed by atoms with van der Waals surface area (Å²) in [5.74, 6) is -0.801. The fourth-order valence-corrected chi connectivity index (χ4v) is 0.700. The van der Waals surface area contributed by atoms with Crippen LogP contribution < -0.4 is 0 Å². The van der Waals surface area contributed by atoms with Gasteiger partial charge in [-0.2, -0.15) is 0 Å². The van der Waals surface area contributed by atoms with Gasteiger partial charge < -0.3 is 14.6 Å². The SMILES string of the molecule is CC(=O)OCCCOC(=O)C(C)(C)CO. The summed E-state index contributed by atoms with van der Waals surface area (Å²) in [7, 11) is 0. The van der Waals surface area contributed by atoms with Crippen LogP contribution in [-0.2, 0) is 19.1 Å². The van der Waals surface area contributed by atoms with Gasteiger partial charge in [0, 0.05) is 13.3 Å². The predicted molar refractivity (Wildman–Crippen MR) is 53.1 cm³/mol. The van der Waals surface area contributed by atoms with Crippen LogP contribution in [0.25, 0.3) is 0 Å². The van der Waals surface area contributed by atoms with Crippen molar-refractivity contribution in [1.82, 2.24) is 0 Å². The van der Waals surface area contributed by atoms with Crippen LogP contribution in [0.15, 0.2) is 0 Å². The molecule has 0 heterocycles. The van der Waals surface area contributed by atoms with Crippen molar-refractivity contribution in [1.29, 1.82) is 0 Å².